The molecule has 1 fully saturated rings. The third kappa shape index (κ3) is 5.11. The van der Waals surface area contributed by atoms with Gasteiger partial charge in [-0.25, -0.2) is 0 Å². The number of rotatable bonds is 7. The highest BCUT2D eigenvalue weighted by atomic mass is 16.5. The number of hydrogen-bond acceptors (Lipinski definition) is 4. The Balaban J connectivity index is 1.37. The molecule has 1 amide bonds. The van der Waals surface area contributed by atoms with E-state index in [1.54, 1.807) is 0 Å². The van der Waals surface area contributed by atoms with Gasteiger partial charge in [0.25, 0.3) is 0 Å². The Morgan fingerprint density at radius 1 is 0.966 bits per heavy atom. The molecule has 0 radical (unpaired) electrons. The van der Waals surface area contributed by atoms with Crippen LogP contribution >= 0.6 is 0 Å². The molecule has 5 nitrogen and oxygen atoms in total. The summed E-state index contributed by atoms with van der Waals surface area (Å²) in [5.74, 6) is 1.45. The van der Waals surface area contributed by atoms with E-state index < -0.39 is 0 Å². The summed E-state index contributed by atoms with van der Waals surface area (Å²) in [6, 6.07) is 20.2. The standard InChI is InChI=1S/C24H27N3O2/c28-23(18-20-12-5-2-6-13-20)27-17-8-7-15-21(27)24-25-22(26-29-24)16-9-14-19-10-3-1-4-11-19/h1-6,10-13,21H,7-9,14-18H2/t21-/m0/s1. The van der Waals surface area contributed by atoms with Crippen LogP contribution in [0.5, 0.6) is 0 Å². The van der Waals surface area contributed by atoms with Crippen LogP contribution < -0.4 is 0 Å². The van der Waals surface area contributed by atoms with Crippen LogP contribution in [0.4, 0.5) is 0 Å². The van der Waals surface area contributed by atoms with E-state index in [1.807, 2.05) is 41.3 Å². The van der Waals surface area contributed by atoms with Crippen molar-refractivity contribution in [2.24, 2.45) is 0 Å². The van der Waals surface area contributed by atoms with Gasteiger partial charge in [0.15, 0.2) is 5.82 Å². The first-order chi connectivity index (χ1) is 14.3. The molecule has 150 valence electrons. The zero-order chi connectivity index (χ0) is 19.9. The molecule has 0 bridgehead atoms. The number of likely N-dealkylation sites (tertiary alicyclic amines) is 1. The Morgan fingerprint density at radius 2 is 1.69 bits per heavy atom. The zero-order valence-electron chi connectivity index (χ0n) is 16.7. The molecule has 0 aliphatic carbocycles. The number of aromatic nitrogens is 2. The lowest BCUT2D eigenvalue weighted by Gasteiger charge is -2.33. The molecule has 1 saturated heterocycles. The average molecular weight is 389 g/mol. The van der Waals surface area contributed by atoms with Gasteiger partial charge >= 0.3 is 0 Å². The molecule has 4 rings (SSSR count). The van der Waals surface area contributed by atoms with Gasteiger partial charge in [-0.3, -0.25) is 4.79 Å². The van der Waals surface area contributed by atoms with E-state index in [0.29, 0.717) is 12.3 Å². The molecular formula is C24H27N3O2. The minimum absolute atomic E-state index is 0.102. The predicted octanol–water partition coefficient (Wildman–Crippen LogP) is 4.54. The second kappa shape index (κ2) is 9.50. The van der Waals surface area contributed by atoms with Gasteiger partial charge in [0.2, 0.25) is 11.8 Å². The van der Waals surface area contributed by atoms with E-state index in [0.717, 1.165) is 56.5 Å². The fraction of sp³-hybridized carbons (Fsp3) is 0.375. The van der Waals surface area contributed by atoms with Crippen molar-refractivity contribution in [3.05, 3.63) is 83.5 Å². The predicted molar refractivity (Wildman–Crippen MR) is 111 cm³/mol. The first-order valence-electron chi connectivity index (χ1n) is 10.5. The highest BCUT2D eigenvalue weighted by Crippen LogP contribution is 2.30. The SMILES string of the molecule is O=C(Cc1ccccc1)N1CCCC[C@H]1c1nc(CCCc2ccccc2)no1. The minimum atomic E-state index is -0.102. The number of amides is 1. The van der Waals surface area contributed by atoms with Crippen molar-refractivity contribution in [2.45, 2.75) is 51.0 Å². The van der Waals surface area contributed by atoms with Crippen molar-refractivity contribution in [3.63, 3.8) is 0 Å². The lowest BCUT2D eigenvalue weighted by Crippen LogP contribution is -2.39. The van der Waals surface area contributed by atoms with E-state index in [-0.39, 0.29) is 11.9 Å². The molecule has 3 aromatic rings. The maximum Gasteiger partial charge on any atom is 0.249 e. The topological polar surface area (TPSA) is 59.2 Å². The molecule has 2 heterocycles. The van der Waals surface area contributed by atoms with Crippen LogP contribution in [0.3, 0.4) is 0 Å². The van der Waals surface area contributed by atoms with Crippen LogP contribution in [-0.2, 0) is 24.1 Å². The third-order valence-corrected chi connectivity index (χ3v) is 5.50. The lowest BCUT2D eigenvalue weighted by atomic mass is 10.0. The van der Waals surface area contributed by atoms with Gasteiger partial charge in [-0.15, -0.1) is 0 Å². The van der Waals surface area contributed by atoms with Crippen LogP contribution in [0.2, 0.25) is 0 Å². The Kier molecular flexibility index (Phi) is 6.35. The summed E-state index contributed by atoms with van der Waals surface area (Å²) in [6.45, 7) is 0.752. The van der Waals surface area contributed by atoms with E-state index in [9.17, 15) is 4.79 Å². The number of aryl methyl sites for hydroxylation is 2. The molecule has 2 aromatic carbocycles. The second-order valence-corrected chi connectivity index (χ2v) is 7.65. The van der Waals surface area contributed by atoms with Gasteiger partial charge in [0, 0.05) is 13.0 Å². The van der Waals surface area contributed by atoms with Crippen LogP contribution in [0.1, 0.15) is 54.6 Å². The normalized spacial score (nSPS) is 16.7. The lowest BCUT2D eigenvalue weighted by molar-refractivity contribution is -0.135. The summed E-state index contributed by atoms with van der Waals surface area (Å²) in [6.07, 6.45) is 6.14. The summed E-state index contributed by atoms with van der Waals surface area (Å²) in [5, 5.41) is 4.18. The van der Waals surface area contributed by atoms with Gasteiger partial charge in [-0.05, 0) is 43.2 Å². The molecule has 0 unspecified atom stereocenters. The largest absolute Gasteiger partial charge is 0.337 e. The molecule has 29 heavy (non-hydrogen) atoms. The van der Waals surface area contributed by atoms with E-state index in [4.69, 9.17) is 4.52 Å². The van der Waals surface area contributed by atoms with Crippen molar-refractivity contribution in [1.82, 2.24) is 15.0 Å². The van der Waals surface area contributed by atoms with Crippen LogP contribution in [-0.4, -0.2) is 27.5 Å². The van der Waals surface area contributed by atoms with Gasteiger partial charge in [-0.2, -0.15) is 4.98 Å². The molecule has 1 atom stereocenters. The molecule has 5 heteroatoms. The Hall–Kier alpha value is -2.95. The Bertz CT molecular complexity index is 908. The smallest absolute Gasteiger partial charge is 0.249 e. The summed E-state index contributed by atoms with van der Waals surface area (Å²) >= 11 is 0. The molecule has 1 aromatic heterocycles. The van der Waals surface area contributed by atoms with Crippen LogP contribution in [0.15, 0.2) is 65.2 Å². The first kappa shape index (κ1) is 19.4. The second-order valence-electron chi connectivity index (χ2n) is 7.65. The molecule has 0 N–H and O–H groups in total. The zero-order valence-corrected chi connectivity index (χ0v) is 16.7. The monoisotopic (exact) mass is 389 g/mol. The van der Waals surface area contributed by atoms with Gasteiger partial charge in [-0.1, -0.05) is 65.8 Å². The van der Waals surface area contributed by atoms with E-state index in [2.05, 4.69) is 34.4 Å². The molecule has 0 spiro atoms. The Labute approximate surface area is 171 Å². The fourth-order valence-corrected chi connectivity index (χ4v) is 3.96. The average Bonchev–Trinajstić information content (AvgIpc) is 3.24. The molecule has 0 saturated carbocycles. The number of nitrogens with zero attached hydrogens (tertiary/aromatic N) is 3. The van der Waals surface area contributed by atoms with E-state index >= 15 is 0 Å². The third-order valence-electron chi connectivity index (χ3n) is 5.50. The number of carbonyl (C=O) groups is 1. The quantitative estimate of drug-likeness (QED) is 0.595. The Morgan fingerprint density at radius 3 is 2.45 bits per heavy atom. The van der Waals surface area contributed by atoms with Crippen LogP contribution in [0.25, 0.3) is 0 Å². The molecular weight excluding hydrogens is 362 g/mol. The van der Waals surface area contributed by atoms with E-state index in [1.165, 1.54) is 5.56 Å². The van der Waals surface area contributed by atoms with Crippen molar-refractivity contribution in [1.29, 1.82) is 0 Å². The minimum Gasteiger partial charge on any atom is -0.337 e. The van der Waals surface area contributed by atoms with Crippen molar-refractivity contribution in [3.8, 4) is 0 Å². The summed E-state index contributed by atoms with van der Waals surface area (Å²) in [7, 11) is 0. The first-order valence-corrected chi connectivity index (χ1v) is 10.5. The summed E-state index contributed by atoms with van der Waals surface area (Å²) < 4.78 is 5.58. The van der Waals surface area contributed by atoms with Crippen molar-refractivity contribution in [2.75, 3.05) is 6.54 Å². The maximum absolute atomic E-state index is 12.9. The number of piperidine rings is 1. The maximum atomic E-state index is 12.9. The number of hydrogen-bond donors (Lipinski definition) is 0. The summed E-state index contributed by atoms with van der Waals surface area (Å²) in [4.78, 5) is 19.5. The highest BCUT2D eigenvalue weighted by Gasteiger charge is 2.31. The van der Waals surface area contributed by atoms with Gasteiger partial charge in [0.1, 0.15) is 6.04 Å². The molecule has 1 aliphatic rings. The van der Waals surface area contributed by atoms with Crippen molar-refractivity contribution < 1.29 is 9.32 Å². The van der Waals surface area contributed by atoms with Gasteiger partial charge in [0.05, 0.1) is 6.42 Å². The highest BCUT2D eigenvalue weighted by molar-refractivity contribution is 5.79. The van der Waals surface area contributed by atoms with Crippen molar-refractivity contribution >= 4 is 5.91 Å². The fourth-order valence-electron chi connectivity index (χ4n) is 3.96. The van der Waals surface area contributed by atoms with Gasteiger partial charge < -0.3 is 9.42 Å². The number of carbonyl (C=O) groups excluding carboxylic acids is 1. The van der Waals surface area contributed by atoms with Crippen LogP contribution in [0, 0.1) is 0 Å². The number of benzene rings is 2. The summed E-state index contributed by atoms with van der Waals surface area (Å²) in [5.41, 5.74) is 2.36. The molecule has 1 aliphatic heterocycles.